The van der Waals surface area contributed by atoms with Crippen molar-refractivity contribution in [2.24, 2.45) is 0 Å². The van der Waals surface area contributed by atoms with E-state index in [1.165, 1.54) is 56.0 Å². The van der Waals surface area contributed by atoms with Crippen molar-refractivity contribution in [1.29, 1.82) is 0 Å². The molecule has 1 unspecified atom stereocenters. The Hall–Kier alpha value is -0.610. The van der Waals surface area contributed by atoms with Gasteiger partial charge in [-0.2, -0.15) is 0 Å². The highest BCUT2D eigenvalue weighted by molar-refractivity contribution is 7.15. The lowest BCUT2D eigenvalue weighted by atomic mass is 9.90. The normalized spacial score (nSPS) is 23.1. The number of aryl methyl sites for hydroxylation is 1. The van der Waals surface area contributed by atoms with E-state index >= 15 is 0 Å². The quantitative estimate of drug-likeness (QED) is 0.923. The lowest BCUT2D eigenvalue weighted by molar-refractivity contribution is 0.388. The molecule has 1 aliphatic carbocycles. The van der Waals surface area contributed by atoms with Crippen molar-refractivity contribution in [3.8, 4) is 0 Å². The minimum atomic E-state index is 0.200. The van der Waals surface area contributed by atoms with Gasteiger partial charge in [-0.15, -0.1) is 11.3 Å². The molecule has 0 radical (unpaired) electrons. The summed E-state index contributed by atoms with van der Waals surface area (Å²) in [6.07, 6.45) is 6.52. The summed E-state index contributed by atoms with van der Waals surface area (Å²) in [5.41, 5.74) is 1.60. The van der Waals surface area contributed by atoms with Crippen LogP contribution in [0.25, 0.3) is 0 Å². The van der Waals surface area contributed by atoms with Gasteiger partial charge in [0.25, 0.3) is 0 Å². The van der Waals surface area contributed by atoms with Crippen LogP contribution in [0.15, 0.2) is 0 Å². The smallest absolute Gasteiger partial charge is 0.185 e. The van der Waals surface area contributed by atoms with E-state index in [0.717, 1.165) is 6.54 Å². The SMILES string of the molecule is CC(C)(C)NCC1CCCc2sc(N3CCCC3)nc21. The fourth-order valence-corrected chi connectivity index (χ4v) is 4.41. The van der Waals surface area contributed by atoms with Crippen molar-refractivity contribution in [3.05, 3.63) is 10.6 Å². The number of rotatable bonds is 3. The molecule has 0 aromatic carbocycles. The van der Waals surface area contributed by atoms with E-state index in [2.05, 4.69) is 31.0 Å². The monoisotopic (exact) mass is 293 g/mol. The predicted octanol–water partition coefficient (Wildman–Crippen LogP) is 3.55. The van der Waals surface area contributed by atoms with Crippen molar-refractivity contribution in [2.75, 3.05) is 24.5 Å². The molecule has 1 N–H and O–H groups in total. The number of nitrogens with one attached hydrogen (secondary N) is 1. The first kappa shape index (κ1) is 14.3. The van der Waals surface area contributed by atoms with Crippen LogP contribution < -0.4 is 10.2 Å². The average Bonchev–Trinajstić information content (AvgIpc) is 3.03. The number of aromatic nitrogens is 1. The molecular formula is C16H27N3S. The molecule has 20 heavy (non-hydrogen) atoms. The zero-order valence-electron chi connectivity index (χ0n) is 13.0. The number of nitrogens with zero attached hydrogens (tertiary/aromatic N) is 2. The van der Waals surface area contributed by atoms with Crippen molar-refractivity contribution >= 4 is 16.5 Å². The fraction of sp³-hybridized carbons (Fsp3) is 0.812. The Bertz CT molecular complexity index is 455. The summed E-state index contributed by atoms with van der Waals surface area (Å²) >= 11 is 1.96. The third-order valence-corrected chi connectivity index (χ3v) is 5.51. The number of hydrogen-bond acceptors (Lipinski definition) is 4. The van der Waals surface area contributed by atoms with Gasteiger partial charge in [-0.3, -0.25) is 0 Å². The molecule has 3 nitrogen and oxygen atoms in total. The van der Waals surface area contributed by atoms with Crippen LogP contribution in [0.3, 0.4) is 0 Å². The molecule has 0 saturated carbocycles. The molecule has 1 aliphatic heterocycles. The molecule has 1 aromatic heterocycles. The minimum absolute atomic E-state index is 0.200. The van der Waals surface area contributed by atoms with Gasteiger partial charge >= 0.3 is 0 Å². The van der Waals surface area contributed by atoms with Crippen molar-refractivity contribution in [2.45, 2.75) is 64.3 Å². The summed E-state index contributed by atoms with van der Waals surface area (Å²) in [6.45, 7) is 10.2. The molecule has 1 atom stereocenters. The molecule has 2 aliphatic rings. The topological polar surface area (TPSA) is 28.2 Å². The minimum Gasteiger partial charge on any atom is -0.348 e. The highest BCUT2D eigenvalue weighted by Crippen LogP contribution is 2.38. The van der Waals surface area contributed by atoms with Crippen LogP contribution in [0.5, 0.6) is 0 Å². The lowest BCUT2D eigenvalue weighted by Crippen LogP contribution is -2.39. The molecule has 1 saturated heterocycles. The number of anilines is 1. The largest absolute Gasteiger partial charge is 0.348 e. The van der Waals surface area contributed by atoms with E-state index in [4.69, 9.17) is 4.98 Å². The molecule has 1 aromatic rings. The van der Waals surface area contributed by atoms with Crippen LogP contribution in [0.2, 0.25) is 0 Å². The van der Waals surface area contributed by atoms with E-state index in [1.54, 1.807) is 4.88 Å². The Morgan fingerprint density at radius 1 is 1.25 bits per heavy atom. The van der Waals surface area contributed by atoms with Gasteiger partial charge in [-0.1, -0.05) is 0 Å². The van der Waals surface area contributed by atoms with Gasteiger partial charge in [0.1, 0.15) is 0 Å². The Morgan fingerprint density at radius 2 is 2.00 bits per heavy atom. The summed E-state index contributed by atoms with van der Waals surface area (Å²) in [4.78, 5) is 9.06. The summed E-state index contributed by atoms with van der Waals surface area (Å²) in [6, 6.07) is 0. The molecule has 2 heterocycles. The maximum Gasteiger partial charge on any atom is 0.185 e. The molecule has 4 heteroatoms. The van der Waals surface area contributed by atoms with E-state index in [1.807, 2.05) is 11.3 Å². The van der Waals surface area contributed by atoms with Gasteiger partial charge in [0.15, 0.2) is 5.13 Å². The summed E-state index contributed by atoms with van der Waals surface area (Å²) in [7, 11) is 0. The molecule has 3 rings (SSSR count). The molecule has 1 fully saturated rings. The number of thiazole rings is 1. The molecular weight excluding hydrogens is 266 g/mol. The third kappa shape index (κ3) is 3.17. The van der Waals surface area contributed by atoms with Crippen LogP contribution >= 0.6 is 11.3 Å². The highest BCUT2D eigenvalue weighted by Gasteiger charge is 2.27. The molecule has 0 spiro atoms. The molecule has 0 bridgehead atoms. The maximum absolute atomic E-state index is 5.02. The van der Waals surface area contributed by atoms with Crippen LogP contribution in [0.1, 0.15) is 62.9 Å². The predicted molar refractivity (Wildman–Crippen MR) is 87.0 cm³/mol. The number of hydrogen-bond donors (Lipinski definition) is 1. The van der Waals surface area contributed by atoms with Gasteiger partial charge in [-0.05, 0) is 52.9 Å². The number of fused-ring (bicyclic) bond motifs is 1. The average molecular weight is 293 g/mol. The van der Waals surface area contributed by atoms with Gasteiger partial charge < -0.3 is 10.2 Å². The Kier molecular flexibility index (Phi) is 4.04. The third-order valence-electron chi connectivity index (χ3n) is 4.31. The standard InChI is InChI=1S/C16H27N3S/c1-16(2,3)17-11-12-7-6-8-13-14(12)18-15(20-13)19-9-4-5-10-19/h12,17H,4-11H2,1-3H3. The summed E-state index contributed by atoms with van der Waals surface area (Å²) < 4.78 is 0. The van der Waals surface area contributed by atoms with Crippen LogP contribution in [-0.2, 0) is 6.42 Å². The van der Waals surface area contributed by atoms with E-state index in [0.29, 0.717) is 5.92 Å². The second-order valence-electron chi connectivity index (χ2n) is 7.22. The fourth-order valence-electron chi connectivity index (χ4n) is 3.17. The first-order valence-electron chi connectivity index (χ1n) is 8.02. The first-order valence-corrected chi connectivity index (χ1v) is 8.84. The second-order valence-corrected chi connectivity index (χ2v) is 8.28. The molecule has 0 amide bonds. The van der Waals surface area contributed by atoms with Crippen molar-refractivity contribution in [3.63, 3.8) is 0 Å². The summed E-state index contributed by atoms with van der Waals surface area (Å²) in [5.74, 6) is 0.616. The van der Waals surface area contributed by atoms with Crippen molar-refractivity contribution in [1.82, 2.24) is 10.3 Å². The van der Waals surface area contributed by atoms with Gasteiger partial charge in [0, 0.05) is 36.0 Å². The zero-order valence-corrected chi connectivity index (χ0v) is 13.9. The Labute approximate surface area is 126 Å². The first-order chi connectivity index (χ1) is 9.53. The van der Waals surface area contributed by atoms with Gasteiger partial charge in [-0.25, -0.2) is 4.98 Å². The van der Waals surface area contributed by atoms with Crippen molar-refractivity contribution < 1.29 is 0 Å². The zero-order chi connectivity index (χ0) is 14.2. The Balaban J connectivity index is 1.74. The van der Waals surface area contributed by atoms with Crippen LogP contribution in [-0.4, -0.2) is 30.2 Å². The summed E-state index contributed by atoms with van der Waals surface area (Å²) in [5, 5.41) is 4.95. The van der Waals surface area contributed by atoms with Gasteiger partial charge in [0.05, 0.1) is 5.69 Å². The molecule has 112 valence electrons. The maximum atomic E-state index is 5.02. The Morgan fingerprint density at radius 3 is 2.70 bits per heavy atom. The van der Waals surface area contributed by atoms with Crippen LogP contribution in [0.4, 0.5) is 5.13 Å². The van der Waals surface area contributed by atoms with Crippen LogP contribution in [0, 0.1) is 0 Å². The van der Waals surface area contributed by atoms with E-state index in [9.17, 15) is 0 Å². The van der Waals surface area contributed by atoms with Gasteiger partial charge in [0.2, 0.25) is 0 Å². The second kappa shape index (κ2) is 5.64. The van der Waals surface area contributed by atoms with E-state index < -0.39 is 0 Å². The lowest BCUT2D eigenvalue weighted by Gasteiger charge is -2.27. The van der Waals surface area contributed by atoms with E-state index in [-0.39, 0.29) is 5.54 Å². The highest BCUT2D eigenvalue weighted by atomic mass is 32.1.